The van der Waals surface area contributed by atoms with Gasteiger partial charge in [0, 0.05) is 13.2 Å². The monoisotopic (exact) mass is 273 g/mol. The van der Waals surface area contributed by atoms with Gasteiger partial charge in [0.05, 0.1) is 0 Å². The van der Waals surface area contributed by atoms with Gasteiger partial charge in [0.2, 0.25) is 0 Å². The van der Waals surface area contributed by atoms with E-state index >= 15 is 0 Å². The highest BCUT2D eigenvalue weighted by atomic mass is 28.2. The molecule has 0 saturated heterocycles. The van der Waals surface area contributed by atoms with Gasteiger partial charge in [0.1, 0.15) is 15.4 Å². The quantitative estimate of drug-likeness (QED) is 0.380. The lowest BCUT2D eigenvalue weighted by Gasteiger charge is -2.24. The average Bonchev–Trinajstić information content (AvgIpc) is 2.38. The maximum atomic E-state index is 5.61. The first kappa shape index (κ1) is 18.1. The Bertz CT molecular complexity index is 156. The Morgan fingerprint density at radius 1 is 0.889 bits per heavy atom. The molecule has 0 aliphatic carbocycles. The SMILES string of the molecule is CCCCN(CCCC)C[Si]C(OCC)OCC. The predicted octanol–water partition coefficient (Wildman–Crippen LogP) is 2.91. The van der Waals surface area contributed by atoms with Crippen LogP contribution in [0.25, 0.3) is 0 Å². The zero-order valence-electron chi connectivity index (χ0n) is 12.7. The molecule has 0 unspecified atom stereocenters. The molecule has 3 nitrogen and oxygen atoms in total. The number of hydrogen-bond acceptors (Lipinski definition) is 3. The molecule has 18 heavy (non-hydrogen) atoms. The summed E-state index contributed by atoms with van der Waals surface area (Å²) in [5, 5.41) is 0. The van der Waals surface area contributed by atoms with Gasteiger partial charge in [-0.05, 0) is 45.9 Å². The summed E-state index contributed by atoms with van der Waals surface area (Å²) in [5.41, 5.74) is 0. The summed E-state index contributed by atoms with van der Waals surface area (Å²) in [5.74, 6) is 0.00533. The summed E-state index contributed by atoms with van der Waals surface area (Å²) in [6.07, 6.45) is 6.24. The Morgan fingerprint density at radius 2 is 1.39 bits per heavy atom. The highest BCUT2D eigenvalue weighted by Gasteiger charge is 2.12. The highest BCUT2D eigenvalue weighted by molar-refractivity contribution is 6.36. The smallest absolute Gasteiger partial charge is 0.138 e. The molecule has 0 heterocycles. The lowest BCUT2D eigenvalue weighted by Crippen LogP contribution is -2.37. The third-order valence-corrected chi connectivity index (χ3v) is 4.07. The van der Waals surface area contributed by atoms with E-state index in [0.29, 0.717) is 0 Å². The Hall–Kier alpha value is 0.0969. The van der Waals surface area contributed by atoms with E-state index in [0.717, 1.165) is 28.9 Å². The molecule has 0 fully saturated rings. The minimum Gasteiger partial charge on any atom is -0.357 e. The van der Waals surface area contributed by atoms with Crippen LogP contribution in [0.1, 0.15) is 53.4 Å². The molecule has 108 valence electrons. The Morgan fingerprint density at radius 3 is 1.78 bits per heavy atom. The Kier molecular flexibility index (Phi) is 13.6. The molecule has 2 radical (unpaired) electrons. The normalized spacial score (nSPS) is 11.7. The van der Waals surface area contributed by atoms with Crippen LogP contribution in [0.5, 0.6) is 0 Å². The molecule has 0 bridgehead atoms. The average molecular weight is 273 g/mol. The predicted molar refractivity (Wildman–Crippen MR) is 79.1 cm³/mol. The second kappa shape index (κ2) is 13.5. The van der Waals surface area contributed by atoms with E-state index < -0.39 is 0 Å². The minimum atomic E-state index is 0.00533. The largest absolute Gasteiger partial charge is 0.357 e. The molecule has 0 saturated carbocycles. The van der Waals surface area contributed by atoms with Gasteiger partial charge < -0.3 is 14.4 Å². The molecule has 0 aliphatic heterocycles. The van der Waals surface area contributed by atoms with E-state index in [-0.39, 0.29) is 5.91 Å². The molecule has 0 aliphatic rings. The Labute approximate surface area is 116 Å². The maximum absolute atomic E-state index is 5.61. The molecule has 0 spiro atoms. The number of unbranched alkanes of at least 4 members (excludes halogenated alkanes) is 2. The topological polar surface area (TPSA) is 21.7 Å². The van der Waals surface area contributed by atoms with Crippen LogP contribution in [0, 0.1) is 0 Å². The zero-order valence-corrected chi connectivity index (χ0v) is 13.7. The molecule has 0 aromatic heterocycles. The zero-order chi connectivity index (χ0) is 13.6. The van der Waals surface area contributed by atoms with Crippen molar-refractivity contribution in [3.05, 3.63) is 0 Å². The second-order valence-electron chi connectivity index (χ2n) is 4.43. The summed E-state index contributed by atoms with van der Waals surface area (Å²) in [4.78, 5) is 2.57. The Balaban J connectivity index is 3.94. The van der Waals surface area contributed by atoms with E-state index in [1.807, 2.05) is 13.8 Å². The van der Waals surface area contributed by atoms with Crippen LogP contribution in [0.3, 0.4) is 0 Å². The molecule has 0 rings (SSSR count). The van der Waals surface area contributed by atoms with Crippen LogP contribution < -0.4 is 0 Å². The van der Waals surface area contributed by atoms with Gasteiger partial charge in [-0.1, -0.05) is 26.7 Å². The number of nitrogens with zero attached hydrogens (tertiary/aromatic N) is 1. The van der Waals surface area contributed by atoms with Crippen molar-refractivity contribution in [2.75, 3.05) is 32.5 Å². The standard InChI is InChI=1S/C14H31NO2Si/c1-5-9-11-15(12-10-6-2)13-18-14(16-7-3)17-8-4/h14H,5-13H2,1-4H3. The molecule has 0 amide bonds. The summed E-state index contributed by atoms with van der Waals surface area (Å²) >= 11 is 0. The van der Waals surface area contributed by atoms with Gasteiger partial charge >= 0.3 is 0 Å². The van der Waals surface area contributed by atoms with Crippen molar-refractivity contribution in [2.24, 2.45) is 0 Å². The van der Waals surface area contributed by atoms with Gasteiger partial charge in [0.15, 0.2) is 0 Å². The van der Waals surface area contributed by atoms with Crippen LogP contribution in [-0.4, -0.2) is 52.8 Å². The van der Waals surface area contributed by atoms with Gasteiger partial charge in [-0.3, -0.25) is 0 Å². The fourth-order valence-corrected chi connectivity index (χ4v) is 3.00. The van der Waals surface area contributed by atoms with E-state index in [2.05, 4.69) is 18.7 Å². The first-order valence-electron chi connectivity index (χ1n) is 7.47. The number of rotatable bonds is 13. The molecule has 0 N–H and O–H groups in total. The second-order valence-corrected chi connectivity index (χ2v) is 5.63. The van der Waals surface area contributed by atoms with Crippen molar-refractivity contribution < 1.29 is 9.47 Å². The first-order chi connectivity index (χ1) is 8.78. The van der Waals surface area contributed by atoms with Crippen molar-refractivity contribution >= 4 is 9.52 Å². The molecule has 0 aromatic carbocycles. The molecular weight excluding hydrogens is 242 g/mol. The summed E-state index contributed by atoms with van der Waals surface area (Å²) in [6, 6.07) is 0. The van der Waals surface area contributed by atoms with Crippen LogP contribution in [0.4, 0.5) is 0 Å². The lowest BCUT2D eigenvalue weighted by atomic mass is 10.3. The van der Waals surface area contributed by atoms with E-state index in [1.165, 1.54) is 38.8 Å². The van der Waals surface area contributed by atoms with Crippen molar-refractivity contribution in [1.82, 2.24) is 4.90 Å². The molecule has 0 aromatic rings. The molecule has 0 atom stereocenters. The van der Waals surface area contributed by atoms with Gasteiger partial charge in [-0.25, -0.2) is 0 Å². The fraction of sp³-hybridized carbons (Fsp3) is 1.00. The summed E-state index contributed by atoms with van der Waals surface area (Å²) in [7, 11) is 0.721. The number of hydrogen-bond donors (Lipinski definition) is 0. The van der Waals surface area contributed by atoms with E-state index in [9.17, 15) is 0 Å². The third kappa shape index (κ3) is 10.1. The highest BCUT2D eigenvalue weighted by Crippen LogP contribution is 2.01. The van der Waals surface area contributed by atoms with Crippen molar-refractivity contribution in [1.29, 1.82) is 0 Å². The minimum absolute atomic E-state index is 0.00533. The summed E-state index contributed by atoms with van der Waals surface area (Å²) < 4.78 is 11.2. The van der Waals surface area contributed by atoms with Crippen molar-refractivity contribution in [3.63, 3.8) is 0 Å². The summed E-state index contributed by atoms with van der Waals surface area (Å²) in [6.45, 7) is 12.5. The lowest BCUT2D eigenvalue weighted by molar-refractivity contribution is -0.0833. The van der Waals surface area contributed by atoms with Crippen LogP contribution >= 0.6 is 0 Å². The van der Waals surface area contributed by atoms with Crippen molar-refractivity contribution in [3.8, 4) is 0 Å². The van der Waals surface area contributed by atoms with E-state index in [4.69, 9.17) is 9.47 Å². The van der Waals surface area contributed by atoms with E-state index in [1.54, 1.807) is 0 Å². The van der Waals surface area contributed by atoms with Crippen LogP contribution in [0.15, 0.2) is 0 Å². The molecule has 4 heteroatoms. The fourth-order valence-electron chi connectivity index (χ4n) is 1.71. The van der Waals surface area contributed by atoms with Gasteiger partial charge in [0.25, 0.3) is 0 Å². The van der Waals surface area contributed by atoms with Crippen LogP contribution in [-0.2, 0) is 9.47 Å². The first-order valence-corrected chi connectivity index (χ1v) is 8.75. The number of ether oxygens (including phenoxy) is 2. The molecular formula is C14H31NO2Si. The third-order valence-electron chi connectivity index (χ3n) is 2.77. The maximum Gasteiger partial charge on any atom is 0.138 e. The van der Waals surface area contributed by atoms with Gasteiger partial charge in [-0.2, -0.15) is 0 Å². The van der Waals surface area contributed by atoms with Crippen LogP contribution in [0.2, 0.25) is 0 Å². The van der Waals surface area contributed by atoms with Gasteiger partial charge in [-0.15, -0.1) is 0 Å². The van der Waals surface area contributed by atoms with Crippen molar-refractivity contribution in [2.45, 2.75) is 59.3 Å².